The lowest BCUT2D eigenvalue weighted by Gasteiger charge is -2.53. The number of aromatic nitrogens is 3. The average molecular weight is 403 g/mol. The second kappa shape index (κ2) is 5.84. The molecule has 1 N–H and O–H groups in total. The molecule has 150 valence electrons. The van der Waals surface area contributed by atoms with Gasteiger partial charge in [0.25, 0.3) is 0 Å². The molecule has 5 saturated carbocycles. The fourth-order valence-corrected chi connectivity index (χ4v) is 6.66. The van der Waals surface area contributed by atoms with Crippen LogP contribution in [0, 0.1) is 23.7 Å². The fourth-order valence-electron chi connectivity index (χ4n) is 6.19. The summed E-state index contributed by atoms with van der Waals surface area (Å²) in [5.74, 6) is 4.90. The van der Waals surface area contributed by atoms with Crippen LogP contribution in [0.25, 0.3) is 5.65 Å². The Morgan fingerprint density at radius 2 is 1.75 bits per heavy atom. The molecular weight excluding hydrogens is 376 g/mol. The molecule has 0 radical (unpaired) electrons. The maximum absolute atomic E-state index is 11.6. The Balaban J connectivity index is 1.36. The molecule has 2 heterocycles. The van der Waals surface area contributed by atoms with E-state index in [1.54, 1.807) is 4.40 Å². The quantitative estimate of drug-likeness (QED) is 0.830. The van der Waals surface area contributed by atoms with E-state index in [1.807, 2.05) is 12.3 Å². The monoisotopic (exact) mass is 402 g/mol. The van der Waals surface area contributed by atoms with Gasteiger partial charge in [-0.25, -0.2) is 8.42 Å². The van der Waals surface area contributed by atoms with Crippen LogP contribution in [0.5, 0.6) is 5.75 Å². The van der Waals surface area contributed by atoms with Gasteiger partial charge < -0.3 is 4.74 Å². The Hall–Kier alpha value is -1.83. The van der Waals surface area contributed by atoms with Gasteiger partial charge in [0, 0.05) is 17.8 Å². The van der Waals surface area contributed by atoms with Crippen molar-refractivity contribution in [3.63, 3.8) is 0 Å². The van der Waals surface area contributed by atoms with Crippen molar-refractivity contribution in [1.82, 2.24) is 14.6 Å². The number of rotatable bonds is 5. The molecule has 0 amide bonds. The lowest BCUT2D eigenvalue weighted by Crippen LogP contribution is -2.50. The predicted molar refractivity (Wildman–Crippen MR) is 105 cm³/mol. The van der Waals surface area contributed by atoms with E-state index in [1.165, 1.54) is 32.1 Å². The van der Waals surface area contributed by atoms with Crippen LogP contribution >= 0.6 is 0 Å². The van der Waals surface area contributed by atoms with Crippen molar-refractivity contribution in [2.24, 2.45) is 23.7 Å². The molecule has 5 aliphatic carbocycles. The molecule has 2 aromatic rings. The molecule has 7 nitrogen and oxygen atoms in total. The van der Waals surface area contributed by atoms with Gasteiger partial charge in [0.15, 0.2) is 5.65 Å². The molecule has 0 aliphatic heterocycles. The normalized spacial score (nSPS) is 34.1. The van der Waals surface area contributed by atoms with Crippen LogP contribution < -0.4 is 9.46 Å². The highest BCUT2D eigenvalue weighted by Gasteiger charge is 2.49. The molecule has 0 spiro atoms. The molecule has 2 aromatic heterocycles. The first-order valence-corrected chi connectivity index (χ1v) is 12.3. The Morgan fingerprint density at radius 1 is 1.07 bits per heavy atom. The number of nitrogens with zero attached hydrogens (tertiary/aromatic N) is 3. The van der Waals surface area contributed by atoms with E-state index in [0.717, 1.165) is 42.2 Å². The number of hydrogen-bond acceptors (Lipinski definition) is 5. The summed E-state index contributed by atoms with van der Waals surface area (Å²) in [5.41, 5.74) is 1.78. The Labute approximate surface area is 164 Å². The van der Waals surface area contributed by atoms with Crippen molar-refractivity contribution < 1.29 is 13.2 Å². The molecule has 28 heavy (non-hydrogen) atoms. The zero-order valence-corrected chi connectivity index (χ0v) is 16.9. The molecule has 5 fully saturated rings. The number of pyridine rings is 1. The van der Waals surface area contributed by atoms with Crippen molar-refractivity contribution >= 4 is 21.6 Å². The van der Waals surface area contributed by atoms with Crippen LogP contribution in [0.3, 0.4) is 0 Å². The van der Waals surface area contributed by atoms with Crippen LogP contribution in [-0.2, 0) is 10.0 Å². The van der Waals surface area contributed by atoms with Gasteiger partial charge in [0.2, 0.25) is 16.0 Å². The zero-order chi connectivity index (χ0) is 19.0. The Morgan fingerprint density at radius 3 is 2.36 bits per heavy atom. The number of fused-ring (bicyclic) bond motifs is 1. The minimum atomic E-state index is -3.40. The van der Waals surface area contributed by atoms with Gasteiger partial charge in [-0.15, -0.1) is 10.2 Å². The van der Waals surface area contributed by atoms with Crippen LogP contribution in [0.15, 0.2) is 12.3 Å². The highest BCUT2D eigenvalue weighted by Crippen LogP contribution is 2.55. The largest absolute Gasteiger partial charge is 0.489 e. The van der Waals surface area contributed by atoms with E-state index in [9.17, 15) is 8.42 Å². The molecule has 4 bridgehead atoms. The molecule has 5 aliphatic rings. The van der Waals surface area contributed by atoms with Gasteiger partial charge in [0.1, 0.15) is 11.9 Å². The van der Waals surface area contributed by atoms with Crippen LogP contribution in [0.1, 0.15) is 56.4 Å². The average Bonchev–Trinajstić information content (AvgIpc) is 3.39. The van der Waals surface area contributed by atoms with Crippen LogP contribution in [0.4, 0.5) is 5.95 Å². The van der Waals surface area contributed by atoms with Crippen molar-refractivity contribution in [3.8, 4) is 5.75 Å². The molecule has 0 unspecified atom stereocenters. The van der Waals surface area contributed by atoms with Gasteiger partial charge in [0.05, 0.1) is 6.26 Å². The first-order valence-electron chi connectivity index (χ1n) is 10.5. The third kappa shape index (κ3) is 2.88. The highest BCUT2D eigenvalue weighted by atomic mass is 32.2. The number of anilines is 1. The maximum atomic E-state index is 11.6. The Kier molecular flexibility index (Phi) is 3.56. The molecule has 0 atom stereocenters. The highest BCUT2D eigenvalue weighted by molar-refractivity contribution is 7.91. The fraction of sp³-hybridized carbons (Fsp3) is 0.700. The van der Waals surface area contributed by atoms with Gasteiger partial charge >= 0.3 is 0 Å². The third-order valence-electron chi connectivity index (χ3n) is 7.23. The maximum Gasteiger partial charge on any atom is 0.242 e. The smallest absolute Gasteiger partial charge is 0.242 e. The van der Waals surface area contributed by atoms with E-state index in [4.69, 9.17) is 4.74 Å². The van der Waals surface area contributed by atoms with E-state index in [-0.39, 0.29) is 5.95 Å². The second-order valence-electron chi connectivity index (χ2n) is 9.51. The molecular formula is C20H26N4O3S. The lowest BCUT2D eigenvalue weighted by molar-refractivity contribution is -0.0792. The van der Waals surface area contributed by atoms with Crippen molar-refractivity contribution in [2.75, 3.05) is 11.0 Å². The zero-order valence-electron chi connectivity index (χ0n) is 16.0. The van der Waals surface area contributed by atoms with Crippen LogP contribution in [-0.4, -0.2) is 35.4 Å². The first-order chi connectivity index (χ1) is 13.4. The summed E-state index contributed by atoms with van der Waals surface area (Å²) in [6.07, 6.45) is 12.5. The van der Waals surface area contributed by atoms with Crippen LogP contribution in [0.2, 0.25) is 0 Å². The molecule has 7 rings (SSSR count). The van der Waals surface area contributed by atoms with Crippen molar-refractivity contribution in [1.29, 1.82) is 0 Å². The number of sulfonamides is 1. The SMILES string of the molecule is CS(=O)(=O)Nc1nnc2cc(OC3[C@H]4C[C@H]5C[C@H](C4)C[C@H]3C5)c(C3CC3)cn12. The van der Waals surface area contributed by atoms with E-state index < -0.39 is 10.0 Å². The van der Waals surface area contributed by atoms with E-state index in [0.29, 0.717) is 29.5 Å². The van der Waals surface area contributed by atoms with Gasteiger partial charge in [-0.05, 0) is 74.5 Å². The Bertz CT molecular complexity index is 1020. The summed E-state index contributed by atoms with van der Waals surface area (Å²) in [6, 6.07) is 1.96. The number of hydrogen-bond donors (Lipinski definition) is 1. The molecule has 0 aromatic carbocycles. The third-order valence-corrected chi connectivity index (χ3v) is 7.79. The minimum absolute atomic E-state index is 0.237. The first kappa shape index (κ1) is 17.1. The summed E-state index contributed by atoms with van der Waals surface area (Å²) in [4.78, 5) is 0. The summed E-state index contributed by atoms with van der Waals surface area (Å²) >= 11 is 0. The van der Waals surface area contributed by atoms with Crippen molar-refractivity contribution in [3.05, 3.63) is 17.8 Å². The minimum Gasteiger partial charge on any atom is -0.489 e. The predicted octanol–water partition coefficient (Wildman–Crippen LogP) is 3.18. The summed E-state index contributed by atoms with van der Waals surface area (Å²) in [6.45, 7) is 0. The topological polar surface area (TPSA) is 85.6 Å². The number of nitrogens with one attached hydrogen (secondary N) is 1. The standard InChI is InChI=1S/C20H26N4O3S/c1-28(25,26)23-20-22-21-18-9-17(16(10-24(18)20)13-2-3-13)27-19-14-5-11-4-12(7-14)8-15(19)6-11/h9-15,19H,2-8H2,1H3,(H,22,23)/t11-,12-,14-,15+,19?. The number of ether oxygens (including phenoxy) is 1. The van der Waals surface area contributed by atoms with E-state index in [2.05, 4.69) is 14.9 Å². The van der Waals surface area contributed by atoms with Crippen molar-refractivity contribution in [2.45, 2.75) is 57.0 Å². The van der Waals surface area contributed by atoms with Gasteiger partial charge in [-0.3, -0.25) is 9.12 Å². The lowest BCUT2D eigenvalue weighted by atomic mass is 9.55. The molecule has 0 saturated heterocycles. The summed E-state index contributed by atoms with van der Waals surface area (Å²) < 4.78 is 34.2. The van der Waals surface area contributed by atoms with Gasteiger partial charge in [-0.1, -0.05) is 0 Å². The van der Waals surface area contributed by atoms with Gasteiger partial charge in [-0.2, -0.15) is 0 Å². The summed E-state index contributed by atoms with van der Waals surface area (Å²) in [7, 11) is -3.40. The van der Waals surface area contributed by atoms with E-state index >= 15 is 0 Å². The molecule has 8 heteroatoms. The second-order valence-corrected chi connectivity index (χ2v) is 11.3. The summed E-state index contributed by atoms with van der Waals surface area (Å²) in [5, 5.41) is 8.20.